The molecule has 1 atom stereocenters. The highest BCUT2D eigenvalue weighted by Gasteiger charge is 2.34. The van der Waals surface area contributed by atoms with Gasteiger partial charge in [0.25, 0.3) is 5.91 Å². The summed E-state index contributed by atoms with van der Waals surface area (Å²) < 4.78 is 11.9. The average molecular weight is 375 g/mol. The Morgan fingerprint density at radius 2 is 1.93 bits per heavy atom. The molecule has 4 heteroatoms. The van der Waals surface area contributed by atoms with E-state index in [2.05, 4.69) is 11.4 Å². The lowest BCUT2D eigenvalue weighted by atomic mass is 9.89. The van der Waals surface area contributed by atoms with Crippen LogP contribution in [0.3, 0.4) is 0 Å². The molecule has 0 unspecified atom stereocenters. The summed E-state index contributed by atoms with van der Waals surface area (Å²) in [5, 5.41) is 5.23. The fourth-order valence-corrected chi connectivity index (χ4v) is 3.80. The van der Waals surface area contributed by atoms with E-state index in [1.165, 1.54) is 0 Å². The Morgan fingerprint density at radius 3 is 2.79 bits per heavy atom. The Morgan fingerprint density at radius 1 is 1.14 bits per heavy atom. The quantitative estimate of drug-likeness (QED) is 0.702. The Bertz CT molecular complexity index is 1020. The zero-order valence-electron chi connectivity index (χ0n) is 16.5. The standard InChI is InChI=1S/C24H25NO3/c1-16-11-12-22-19(13-16)20(14-24(2,3)28-22)25-23(26)15-27-21-10-6-8-17-7-4-5-9-18(17)21/h4-13,20H,14-15H2,1-3H3,(H,25,26)/t20-/m1/s1. The van der Waals surface area contributed by atoms with Gasteiger partial charge in [0.1, 0.15) is 17.1 Å². The maximum Gasteiger partial charge on any atom is 0.258 e. The number of hydrogen-bond acceptors (Lipinski definition) is 3. The predicted octanol–water partition coefficient (Wildman–Crippen LogP) is 4.95. The van der Waals surface area contributed by atoms with Gasteiger partial charge < -0.3 is 14.8 Å². The molecule has 0 fully saturated rings. The van der Waals surface area contributed by atoms with Gasteiger partial charge in [-0.15, -0.1) is 0 Å². The second-order valence-corrected chi connectivity index (χ2v) is 7.99. The summed E-state index contributed by atoms with van der Waals surface area (Å²) in [6.45, 7) is 6.11. The number of ether oxygens (including phenoxy) is 2. The Labute approximate surface area is 165 Å². The van der Waals surface area contributed by atoms with E-state index in [9.17, 15) is 4.79 Å². The molecule has 4 rings (SSSR count). The van der Waals surface area contributed by atoms with Gasteiger partial charge in [-0.05, 0) is 38.3 Å². The topological polar surface area (TPSA) is 47.6 Å². The Kier molecular flexibility index (Phi) is 4.71. The van der Waals surface area contributed by atoms with Crippen molar-refractivity contribution < 1.29 is 14.3 Å². The van der Waals surface area contributed by atoms with Crippen molar-refractivity contribution in [3.05, 3.63) is 71.8 Å². The van der Waals surface area contributed by atoms with Crippen LogP contribution in [0.15, 0.2) is 60.7 Å². The highest BCUT2D eigenvalue weighted by Crippen LogP contribution is 2.39. The summed E-state index contributed by atoms with van der Waals surface area (Å²) in [5.41, 5.74) is 1.84. The number of aryl methyl sites for hydroxylation is 1. The third kappa shape index (κ3) is 3.81. The third-order valence-electron chi connectivity index (χ3n) is 5.07. The van der Waals surface area contributed by atoms with E-state index in [0.717, 1.165) is 33.4 Å². The summed E-state index contributed by atoms with van der Waals surface area (Å²) in [5.74, 6) is 1.42. The van der Waals surface area contributed by atoms with Crippen molar-refractivity contribution in [3.63, 3.8) is 0 Å². The zero-order valence-corrected chi connectivity index (χ0v) is 16.5. The number of hydrogen-bond donors (Lipinski definition) is 1. The van der Waals surface area contributed by atoms with Gasteiger partial charge in [-0.25, -0.2) is 0 Å². The van der Waals surface area contributed by atoms with Crippen molar-refractivity contribution in [2.75, 3.05) is 6.61 Å². The first-order chi connectivity index (χ1) is 13.4. The zero-order chi connectivity index (χ0) is 19.7. The number of carbonyl (C=O) groups is 1. The van der Waals surface area contributed by atoms with Crippen LogP contribution < -0.4 is 14.8 Å². The average Bonchev–Trinajstić information content (AvgIpc) is 2.66. The highest BCUT2D eigenvalue weighted by atomic mass is 16.5. The van der Waals surface area contributed by atoms with Crippen LogP contribution in [0.1, 0.15) is 37.4 Å². The van der Waals surface area contributed by atoms with Crippen LogP contribution in [-0.2, 0) is 4.79 Å². The van der Waals surface area contributed by atoms with E-state index >= 15 is 0 Å². The van der Waals surface area contributed by atoms with Crippen molar-refractivity contribution in [2.24, 2.45) is 0 Å². The molecule has 1 aliphatic rings. The third-order valence-corrected chi connectivity index (χ3v) is 5.07. The van der Waals surface area contributed by atoms with E-state index in [1.54, 1.807) is 0 Å². The van der Waals surface area contributed by atoms with Gasteiger partial charge in [-0.3, -0.25) is 4.79 Å². The van der Waals surface area contributed by atoms with Crippen molar-refractivity contribution in [1.29, 1.82) is 0 Å². The van der Waals surface area contributed by atoms with Gasteiger partial charge in [0.2, 0.25) is 0 Å². The molecule has 1 heterocycles. The molecule has 1 amide bonds. The Balaban J connectivity index is 1.49. The van der Waals surface area contributed by atoms with Crippen LogP contribution in [0.25, 0.3) is 10.8 Å². The van der Waals surface area contributed by atoms with Gasteiger partial charge in [0.05, 0.1) is 6.04 Å². The second kappa shape index (κ2) is 7.19. The summed E-state index contributed by atoms with van der Waals surface area (Å²) in [6.07, 6.45) is 0.712. The molecule has 0 aliphatic carbocycles. The molecule has 0 saturated heterocycles. The minimum absolute atomic E-state index is 0.0209. The van der Waals surface area contributed by atoms with Crippen LogP contribution >= 0.6 is 0 Å². The van der Waals surface area contributed by atoms with Crippen LogP contribution in [-0.4, -0.2) is 18.1 Å². The minimum atomic E-state index is -0.337. The lowest BCUT2D eigenvalue weighted by Gasteiger charge is -2.38. The monoisotopic (exact) mass is 375 g/mol. The molecule has 0 spiro atoms. The molecule has 3 aromatic carbocycles. The number of carbonyl (C=O) groups excluding carboxylic acids is 1. The van der Waals surface area contributed by atoms with Gasteiger partial charge in [0, 0.05) is 17.4 Å². The first kappa shape index (κ1) is 18.4. The van der Waals surface area contributed by atoms with Crippen molar-refractivity contribution >= 4 is 16.7 Å². The van der Waals surface area contributed by atoms with Gasteiger partial charge in [0.15, 0.2) is 6.61 Å². The molecular formula is C24H25NO3. The molecule has 3 aromatic rings. The van der Waals surface area contributed by atoms with E-state index in [1.807, 2.05) is 75.4 Å². The summed E-state index contributed by atoms with van der Waals surface area (Å²) >= 11 is 0. The molecule has 0 aromatic heterocycles. The molecule has 0 radical (unpaired) electrons. The highest BCUT2D eigenvalue weighted by molar-refractivity contribution is 5.88. The molecule has 1 N–H and O–H groups in total. The predicted molar refractivity (Wildman–Crippen MR) is 111 cm³/mol. The van der Waals surface area contributed by atoms with E-state index in [0.29, 0.717) is 6.42 Å². The van der Waals surface area contributed by atoms with Crippen molar-refractivity contribution in [2.45, 2.75) is 38.8 Å². The summed E-state index contributed by atoms with van der Waals surface area (Å²) in [7, 11) is 0. The van der Waals surface area contributed by atoms with Gasteiger partial charge >= 0.3 is 0 Å². The van der Waals surface area contributed by atoms with Crippen LogP contribution in [0.2, 0.25) is 0 Å². The van der Waals surface area contributed by atoms with Crippen molar-refractivity contribution in [1.82, 2.24) is 5.32 Å². The van der Waals surface area contributed by atoms with Gasteiger partial charge in [-0.2, -0.15) is 0 Å². The number of nitrogens with one attached hydrogen (secondary N) is 1. The van der Waals surface area contributed by atoms with E-state index < -0.39 is 0 Å². The smallest absolute Gasteiger partial charge is 0.258 e. The molecule has 4 nitrogen and oxygen atoms in total. The maximum atomic E-state index is 12.6. The normalized spacial score (nSPS) is 17.5. The molecule has 0 saturated carbocycles. The largest absolute Gasteiger partial charge is 0.487 e. The van der Waals surface area contributed by atoms with Crippen LogP contribution in [0.5, 0.6) is 11.5 Å². The summed E-state index contributed by atoms with van der Waals surface area (Å²) in [6, 6.07) is 19.9. The van der Waals surface area contributed by atoms with E-state index in [4.69, 9.17) is 9.47 Å². The fourth-order valence-electron chi connectivity index (χ4n) is 3.80. The first-order valence-corrected chi connectivity index (χ1v) is 9.61. The number of amides is 1. The number of fused-ring (bicyclic) bond motifs is 2. The lowest BCUT2D eigenvalue weighted by Crippen LogP contribution is -2.42. The van der Waals surface area contributed by atoms with Gasteiger partial charge in [-0.1, -0.05) is 54.1 Å². The molecule has 0 bridgehead atoms. The summed E-state index contributed by atoms with van der Waals surface area (Å²) in [4.78, 5) is 12.6. The second-order valence-electron chi connectivity index (χ2n) is 7.99. The van der Waals surface area contributed by atoms with E-state index in [-0.39, 0.29) is 24.2 Å². The van der Waals surface area contributed by atoms with Crippen LogP contribution in [0, 0.1) is 6.92 Å². The van der Waals surface area contributed by atoms with Crippen molar-refractivity contribution in [3.8, 4) is 11.5 Å². The molecule has 144 valence electrons. The van der Waals surface area contributed by atoms with Crippen LogP contribution in [0.4, 0.5) is 0 Å². The number of rotatable bonds is 4. The molecule has 1 aliphatic heterocycles. The SMILES string of the molecule is Cc1ccc2c(c1)[C@H](NC(=O)COc1cccc3ccccc13)CC(C)(C)O2. The minimum Gasteiger partial charge on any atom is -0.487 e. The maximum absolute atomic E-state index is 12.6. The first-order valence-electron chi connectivity index (χ1n) is 9.61. The Hall–Kier alpha value is -3.01. The lowest BCUT2D eigenvalue weighted by molar-refractivity contribution is -0.124. The fraction of sp³-hybridized carbons (Fsp3) is 0.292. The molecule has 28 heavy (non-hydrogen) atoms. The number of benzene rings is 3. The molecular weight excluding hydrogens is 350 g/mol.